The Bertz CT molecular complexity index is 1840. The fourth-order valence-electron chi connectivity index (χ4n) is 4.44. The van der Waals surface area contributed by atoms with Crippen LogP contribution in [0.5, 0.6) is 5.75 Å². The zero-order valence-corrected chi connectivity index (χ0v) is 20.4. The zero-order chi connectivity index (χ0) is 24.6. The Morgan fingerprint density at radius 2 is 1.81 bits per heavy atom. The number of aromatic amines is 2. The number of pyridine rings is 3. The molecule has 0 unspecified atom stereocenters. The molecule has 7 aromatic rings. The summed E-state index contributed by atoms with van der Waals surface area (Å²) in [5.74, 6) is 0.694. The van der Waals surface area contributed by atoms with Crippen LogP contribution in [0.4, 0.5) is 0 Å². The summed E-state index contributed by atoms with van der Waals surface area (Å²) < 4.78 is 5.98. The number of thiophene rings is 1. The summed E-state index contributed by atoms with van der Waals surface area (Å²) in [6, 6.07) is 22.2. The molecule has 37 heavy (non-hydrogen) atoms. The fourth-order valence-corrected chi connectivity index (χ4v) is 5.08. The first-order chi connectivity index (χ1) is 18.3. The van der Waals surface area contributed by atoms with Crippen LogP contribution in [0.3, 0.4) is 0 Å². The van der Waals surface area contributed by atoms with Crippen molar-refractivity contribution in [2.24, 2.45) is 0 Å². The maximum absolute atomic E-state index is 5.98. The minimum absolute atomic E-state index is 0.479. The first-order valence-electron chi connectivity index (χ1n) is 11.8. The van der Waals surface area contributed by atoms with E-state index >= 15 is 0 Å². The summed E-state index contributed by atoms with van der Waals surface area (Å²) in [6.07, 6.45) is 5.34. The van der Waals surface area contributed by atoms with Gasteiger partial charge in [-0.1, -0.05) is 30.3 Å². The van der Waals surface area contributed by atoms with Crippen LogP contribution in [0.25, 0.3) is 55.8 Å². The first kappa shape index (κ1) is 21.5. The molecule has 0 saturated carbocycles. The third-order valence-electron chi connectivity index (χ3n) is 6.26. The van der Waals surface area contributed by atoms with Crippen molar-refractivity contribution in [1.82, 2.24) is 30.1 Å². The van der Waals surface area contributed by atoms with Crippen molar-refractivity contribution in [1.29, 1.82) is 0 Å². The molecule has 6 aromatic heterocycles. The van der Waals surface area contributed by atoms with Crippen LogP contribution in [0.2, 0.25) is 0 Å². The smallest absolute Gasteiger partial charge is 0.138 e. The number of H-pyrrole nitrogens is 2. The molecule has 0 amide bonds. The van der Waals surface area contributed by atoms with Crippen LogP contribution in [0, 0.1) is 0 Å². The highest BCUT2D eigenvalue weighted by Gasteiger charge is 2.16. The molecular formula is C29H20N6OS. The SMILES string of the molecule is c1ccc(COc2cncc(-c3ccc4[nH]nc(-c5cc6c(-c7ccsc7)nccc6[nH]5)c4n3)c2)cc1. The van der Waals surface area contributed by atoms with E-state index in [1.165, 1.54) is 0 Å². The topological polar surface area (TPSA) is 92.4 Å². The van der Waals surface area contributed by atoms with E-state index in [1.807, 2.05) is 60.8 Å². The van der Waals surface area contributed by atoms with Crippen LogP contribution in [-0.4, -0.2) is 30.1 Å². The molecule has 0 atom stereocenters. The third-order valence-corrected chi connectivity index (χ3v) is 6.95. The summed E-state index contributed by atoms with van der Waals surface area (Å²) in [4.78, 5) is 17.5. The maximum atomic E-state index is 5.98. The van der Waals surface area contributed by atoms with Crippen molar-refractivity contribution in [3.05, 3.63) is 102 Å². The molecule has 0 saturated heterocycles. The van der Waals surface area contributed by atoms with Gasteiger partial charge in [-0.2, -0.15) is 16.4 Å². The third kappa shape index (κ3) is 4.03. The molecule has 0 spiro atoms. The predicted molar refractivity (Wildman–Crippen MR) is 146 cm³/mol. The van der Waals surface area contributed by atoms with Crippen LogP contribution in [0.15, 0.2) is 96.1 Å². The first-order valence-corrected chi connectivity index (χ1v) is 12.7. The van der Waals surface area contributed by atoms with Crippen molar-refractivity contribution in [2.75, 3.05) is 0 Å². The quantitative estimate of drug-likeness (QED) is 0.260. The van der Waals surface area contributed by atoms with Crippen molar-refractivity contribution < 1.29 is 4.74 Å². The Labute approximate surface area is 215 Å². The number of ether oxygens (including phenoxy) is 1. The molecule has 6 heterocycles. The largest absolute Gasteiger partial charge is 0.487 e. The number of rotatable bonds is 6. The molecule has 1 aromatic carbocycles. The molecule has 0 aliphatic rings. The van der Waals surface area contributed by atoms with Gasteiger partial charge in [0.15, 0.2) is 0 Å². The highest BCUT2D eigenvalue weighted by atomic mass is 32.1. The lowest BCUT2D eigenvalue weighted by atomic mass is 10.1. The number of nitrogens with zero attached hydrogens (tertiary/aromatic N) is 4. The second-order valence-electron chi connectivity index (χ2n) is 8.66. The molecular weight excluding hydrogens is 480 g/mol. The van der Waals surface area contributed by atoms with E-state index in [2.05, 4.69) is 48.0 Å². The summed E-state index contributed by atoms with van der Waals surface area (Å²) in [6.45, 7) is 0.479. The molecule has 7 nitrogen and oxygen atoms in total. The fraction of sp³-hybridized carbons (Fsp3) is 0.0345. The van der Waals surface area contributed by atoms with E-state index < -0.39 is 0 Å². The van der Waals surface area contributed by atoms with Gasteiger partial charge >= 0.3 is 0 Å². The molecule has 0 radical (unpaired) electrons. The molecule has 2 N–H and O–H groups in total. The number of aromatic nitrogens is 6. The number of hydrogen-bond acceptors (Lipinski definition) is 6. The second-order valence-corrected chi connectivity index (χ2v) is 9.44. The summed E-state index contributed by atoms with van der Waals surface area (Å²) in [5, 5.41) is 12.9. The molecule has 7 rings (SSSR count). The van der Waals surface area contributed by atoms with Crippen molar-refractivity contribution in [3.8, 4) is 39.7 Å². The van der Waals surface area contributed by atoms with E-state index in [0.717, 1.165) is 61.4 Å². The van der Waals surface area contributed by atoms with Gasteiger partial charge < -0.3 is 9.72 Å². The van der Waals surface area contributed by atoms with Gasteiger partial charge in [0.1, 0.15) is 23.6 Å². The van der Waals surface area contributed by atoms with Crippen molar-refractivity contribution in [3.63, 3.8) is 0 Å². The van der Waals surface area contributed by atoms with Crippen LogP contribution in [0.1, 0.15) is 5.56 Å². The van der Waals surface area contributed by atoms with Crippen LogP contribution in [-0.2, 0) is 6.61 Å². The summed E-state index contributed by atoms with van der Waals surface area (Å²) in [7, 11) is 0. The number of hydrogen-bond donors (Lipinski definition) is 2. The van der Waals surface area contributed by atoms with Crippen molar-refractivity contribution in [2.45, 2.75) is 6.61 Å². The minimum Gasteiger partial charge on any atom is -0.487 e. The van der Waals surface area contributed by atoms with E-state index in [0.29, 0.717) is 12.4 Å². The lowest BCUT2D eigenvalue weighted by Crippen LogP contribution is -1.96. The number of fused-ring (bicyclic) bond motifs is 2. The lowest BCUT2D eigenvalue weighted by molar-refractivity contribution is 0.305. The van der Waals surface area contributed by atoms with Gasteiger partial charge in [-0.15, -0.1) is 0 Å². The predicted octanol–water partition coefficient (Wildman–Crippen LogP) is 6.87. The molecule has 0 aliphatic heterocycles. The normalized spacial score (nSPS) is 11.4. The second kappa shape index (κ2) is 9.00. The number of benzene rings is 1. The molecule has 0 fully saturated rings. The summed E-state index contributed by atoms with van der Waals surface area (Å²) >= 11 is 1.66. The van der Waals surface area contributed by atoms with E-state index in [-0.39, 0.29) is 0 Å². The Morgan fingerprint density at radius 3 is 2.70 bits per heavy atom. The highest BCUT2D eigenvalue weighted by Crippen LogP contribution is 2.34. The monoisotopic (exact) mass is 500 g/mol. The van der Waals surface area contributed by atoms with Crippen LogP contribution >= 0.6 is 11.3 Å². The van der Waals surface area contributed by atoms with Crippen molar-refractivity contribution >= 4 is 33.3 Å². The lowest BCUT2D eigenvalue weighted by Gasteiger charge is -2.08. The van der Waals surface area contributed by atoms with E-state index in [4.69, 9.17) is 9.72 Å². The average molecular weight is 501 g/mol. The van der Waals surface area contributed by atoms with Gasteiger partial charge in [-0.25, -0.2) is 4.98 Å². The van der Waals surface area contributed by atoms with Gasteiger partial charge in [0.05, 0.1) is 28.8 Å². The molecule has 0 aliphatic carbocycles. The Balaban J connectivity index is 1.24. The number of nitrogens with one attached hydrogen (secondary N) is 2. The van der Waals surface area contributed by atoms with Crippen LogP contribution < -0.4 is 4.74 Å². The minimum atomic E-state index is 0.479. The highest BCUT2D eigenvalue weighted by molar-refractivity contribution is 7.08. The molecule has 0 bridgehead atoms. The Morgan fingerprint density at radius 1 is 0.865 bits per heavy atom. The standard InChI is InChI=1S/C29H20N6OS/c1-2-4-18(5-3-1)16-36-21-12-20(14-30-15-21)23-6-7-25-28(33-23)29(35-34-25)26-13-22-24(32-26)8-10-31-27(22)19-9-11-37-17-19/h1-15,17,32H,16H2,(H,34,35). The summed E-state index contributed by atoms with van der Waals surface area (Å²) in [5.41, 5.74) is 9.12. The molecule has 178 valence electrons. The van der Waals surface area contributed by atoms with Gasteiger partial charge in [0.25, 0.3) is 0 Å². The Kier molecular flexibility index (Phi) is 5.22. The Hall–Kier alpha value is -4.82. The zero-order valence-electron chi connectivity index (χ0n) is 19.6. The van der Waals surface area contributed by atoms with Gasteiger partial charge in [-0.3, -0.25) is 15.1 Å². The van der Waals surface area contributed by atoms with E-state index in [9.17, 15) is 0 Å². The maximum Gasteiger partial charge on any atom is 0.138 e. The average Bonchev–Trinajstić information content (AvgIpc) is 3.71. The van der Waals surface area contributed by atoms with E-state index in [1.54, 1.807) is 23.7 Å². The van der Waals surface area contributed by atoms with Gasteiger partial charge in [0.2, 0.25) is 0 Å². The molecule has 8 heteroatoms. The van der Waals surface area contributed by atoms with Gasteiger partial charge in [0, 0.05) is 39.8 Å². The van der Waals surface area contributed by atoms with Gasteiger partial charge in [-0.05, 0) is 47.3 Å².